The summed E-state index contributed by atoms with van der Waals surface area (Å²) in [5.41, 5.74) is 0.667. The van der Waals surface area contributed by atoms with Gasteiger partial charge in [0, 0.05) is 4.90 Å². The highest BCUT2D eigenvalue weighted by molar-refractivity contribution is 8.00. The van der Waals surface area contributed by atoms with Crippen LogP contribution in [0.25, 0.3) is 0 Å². The minimum atomic E-state index is -0.115. The summed E-state index contributed by atoms with van der Waals surface area (Å²) >= 11 is 1.37. The lowest BCUT2D eigenvalue weighted by Gasteiger charge is -2.11. The third-order valence-electron chi connectivity index (χ3n) is 2.65. The third kappa shape index (κ3) is 4.72. The molecule has 0 heterocycles. The van der Waals surface area contributed by atoms with Crippen molar-refractivity contribution in [2.24, 2.45) is 0 Å². The van der Waals surface area contributed by atoms with Crippen molar-refractivity contribution < 1.29 is 14.6 Å². The van der Waals surface area contributed by atoms with E-state index >= 15 is 0 Å². The average Bonchev–Trinajstić information content (AvgIpc) is 2.48. The Hall–Kier alpha value is -2.14. The number of rotatable bonds is 6. The van der Waals surface area contributed by atoms with Crippen LogP contribution in [0.2, 0.25) is 0 Å². The monoisotopic (exact) mass is 303 g/mol. The molecule has 0 radical (unpaired) electrons. The summed E-state index contributed by atoms with van der Waals surface area (Å²) in [6, 6.07) is 14.2. The minimum absolute atomic E-state index is 0.115. The fraction of sp³-hybridized carbons (Fsp3) is 0.188. The van der Waals surface area contributed by atoms with Crippen LogP contribution in [0.3, 0.4) is 0 Å². The number of benzene rings is 2. The standard InChI is InChI=1S/C16H17NO3S/c1-2-20-15-9-4-3-8-14(15)17-16(19)11-21-13-7-5-6-12(18)10-13/h3-10,18H,2,11H2,1H3,(H,17,19). The van der Waals surface area contributed by atoms with Gasteiger partial charge in [0.05, 0.1) is 18.0 Å². The number of nitrogens with one attached hydrogen (secondary N) is 1. The fourth-order valence-electron chi connectivity index (χ4n) is 1.76. The maximum atomic E-state index is 12.0. The quantitative estimate of drug-likeness (QED) is 0.802. The largest absolute Gasteiger partial charge is 0.508 e. The molecule has 0 saturated heterocycles. The summed E-state index contributed by atoms with van der Waals surface area (Å²) in [5.74, 6) is 1.01. The Labute approximate surface area is 128 Å². The van der Waals surface area contributed by atoms with Gasteiger partial charge in [-0.15, -0.1) is 11.8 Å². The maximum Gasteiger partial charge on any atom is 0.234 e. The Balaban J connectivity index is 1.93. The number of phenolic OH excluding ortho intramolecular Hbond substituents is 1. The molecule has 2 N–H and O–H groups in total. The summed E-state index contributed by atoms with van der Waals surface area (Å²) in [6.45, 7) is 2.45. The lowest BCUT2D eigenvalue weighted by molar-refractivity contribution is -0.113. The number of phenols is 1. The van der Waals surface area contributed by atoms with Crippen LogP contribution in [0.15, 0.2) is 53.4 Å². The molecule has 2 aromatic rings. The van der Waals surface area contributed by atoms with Gasteiger partial charge in [-0.25, -0.2) is 0 Å². The summed E-state index contributed by atoms with van der Waals surface area (Å²) in [7, 11) is 0. The molecule has 110 valence electrons. The molecular weight excluding hydrogens is 286 g/mol. The Morgan fingerprint density at radius 3 is 2.81 bits per heavy atom. The molecule has 0 aliphatic heterocycles. The number of para-hydroxylation sites is 2. The van der Waals surface area contributed by atoms with Gasteiger partial charge in [0.25, 0.3) is 0 Å². The third-order valence-corrected chi connectivity index (χ3v) is 3.64. The van der Waals surface area contributed by atoms with Crippen LogP contribution in [-0.4, -0.2) is 23.4 Å². The van der Waals surface area contributed by atoms with E-state index in [1.165, 1.54) is 11.8 Å². The van der Waals surface area contributed by atoms with Crippen LogP contribution in [0.4, 0.5) is 5.69 Å². The number of hydrogen-bond donors (Lipinski definition) is 2. The first-order chi connectivity index (χ1) is 10.2. The van der Waals surface area contributed by atoms with Crippen molar-refractivity contribution >= 4 is 23.4 Å². The zero-order valence-corrected chi connectivity index (χ0v) is 12.5. The molecule has 4 nitrogen and oxygen atoms in total. The van der Waals surface area contributed by atoms with Gasteiger partial charge in [-0.3, -0.25) is 4.79 Å². The topological polar surface area (TPSA) is 58.6 Å². The molecule has 1 amide bonds. The molecule has 0 bridgehead atoms. The van der Waals surface area contributed by atoms with Crippen molar-refractivity contribution in [1.82, 2.24) is 0 Å². The molecule has 0 saturated carbocycles. The van der Waals surface area contributed by atoms with E-state index < -0.39 is 0 Å². The SMILES string of the molecule is CCOc1ccccc1NC(=O)CSc1cccc(O)c1. The van der Waals surface area contributed by atoms with E-state index in [0.29, 0.717) is 18.0 Å². The molecule has 0 aliphatic rings. The molecule has 5 heteroatoms. The summed E-state index contributed by atoms with van der Waals surface area (Å²) in [4.78, 5) is 12.8. The highest BCUT2D eigenvalue weighted by atomic mass is 32.2. The highest BCUT2D eigenvalue weighted by Gasteiger charge is 2.08. The van der Waals surface area contributed by atoms with Gasteiger partial charge < -0.3 is 15.2 Å². The molecule has 21 heavy (non-hydrogen) atoms. The van der Waals surface area contributed by atoms with E-state index in [1.54, 1.807) is 18.2 Å². The van der Waals surface area contributed by atoms with Gasteiger partial charge in [-0.1, -0.05) is 18.2 Å². The smallest absolute Gasteiger partial charge is 0.234 e. The summed E-state index contributed by atoms with van der Waals surface area (Å²) in [5, 5.41) is 12.2. The number of ether oxygens (including phenoxy) is 1. The van der Waals surface area contributed by atoms with Crippen LogP contribution < -0.4 is 10.1 Å². The Kier molecular flexibility index (Phi) is 5.51. The van der Waals surface area contributed by atoms with Gasteiger partial charge in [0.1, 0.15) is 11.5 Å². The first-order valence-electron chi connectivity index (χ1n) is 6.62. The molecule has 2 aromatic carbocycles. The van der Waals surface area contributed by atoms with Crippen LogP contribution in [-0.2, 0) is 4.79 Å². The van der Waals surface area contributed by atoms with Crippen molar-refractivity contribution in [2.75, 3.05) is 17.7 Å². The lowest BCUT2D eigenvalue weighted by Crippen LogP contribution is -2.14. The van der Waals surface area contributed by atoms with Gasteiger partial charge in [0.2, 0.25) is 5.91 Å². The zero-order chi connectivity index (χ0) is 15.1. The van der Waals surface area contributed by atoms with E-state index in [9.17, 15) is 9.90 Å². The minimum Gasteiger partial charge on any atom is -0.508 e. The predicted molar refractivity (Wildman–Crippen MR) is 85.1 cm³/mol. The highest BCUT2D eigenvalue weighted by Crippen LogP contribution is 2.25. The molecule has 0 aromatic heterocycles. The van der Waals surface area contributed by atoms with Crippen molar-refractivity contribution in [1.29, 1.82) is 0 Å². The summed E-state index contributed by atoms with van der Waals surface area (Å²) in [6.07, 6.45) is 0. The van der Waals surface area contributed by atoms with E-state index in [1.807, 2.05) is 37.3 Å². The molecular formula is C16H17NO3S. The molecule has 0 unspecified atom stereocenters. The van der Waals surface area contributed by atoms with Crippen molar-refractivity contribution in [3.05, 3.63) is 48.5 Å². The van der Waals surface area contributed by atoms with E-state index in [0.717, 1.165) is 4.90 Å². The number of thioether (sulfide) groups is 1. The van der Waals surface area contributed by atoms with Gasteiger partial charge in [0.15, 0.2) is 0 Å². The van der Waals surface area contributed by atoms with Gasteiger partial charge in [-0.2, -0.15) is 0 Å². The van der Waals surface area contributed by atoms with E-state index in [-0.39, 0.29) is 17.4 Å². The van der Waals surface area contributed by atoms with Crippen LogP contribution in [0.5, 0.6) is 11.5 Å². The first kappa shape index (κ1) is 15.3. The van der Waals surface area contributed by atoms with Crippen molar-refractivity contribution in [3.63, 3.8) is 0 Å². The first-order valence-corrected chi connectivity index (χ1v) is 7.61. The van der Waals surface area contributed by atoms with E-state index in [2.05, 4.69) is 5.32 Å². The second-order valence-corrected chi connectivity index (χ2v) is 5.31. The molecule has 0 aliphatic carbocycles. The number of aromatic hydroxyl groups is 1. The number of anilines is 1. The van der Waals surface area contributed by atoms with Crippen molar-refractivity contribution in [3.8, 4) is 11.5 Å². The van der Waals surface area contributed by atoms with E-state index in [4.69, 9.17) is 4.74 Å². The second-order valence-electron chi connectivity index (χ2n) is 4.26. The molecule has 0 spiro atoms. The number of carbonyl (C=O) groups excluding carboxylic acids is 1. The molecule has 2 rings (SSSR count). The summed E-state index contributed by atoms with van der Waals surface area (Å²) < 4.78 is 5.46. The number of hydrogen-bond acceptors (Lipinski definition) is 4. The van der Waals surface area contributed by atoms with Gasteiger partial charge >= 0.3 is 0 Å². The predicted octanol–water partition coefficient (Wildman–Crippen LogP) is 3.52. The second kappa shape index (κ2) is 7.59. The Bertz CT molecular complexity index is 616. The Morgan fingerprint density at radius 1 is 1.24 bits per heavy atom. The van der Waals surface area contributed by atoms with Crippen LogP contribution in [0, 0.1) is 0 Å². The molecule has 0 fully saturated rings. The lowest BCUT2D eigenvalue weighted by atomic mass is 10.3. The van der Waals surface area contributed by atoms with Crippen LogP contribution in [0.1, 0.15) is 6.92 Å². The van der Waals surface area contributed by atoms with Crippen molar-refractivity contribution in [2.45, 2.75) is 11.8 Å². The maximum absolute atomic E-state index is 12.0. The zero-order valence-electron chi connectivity index (χ0n) is 11.7. The van der Waals surface area contributed by atoms with Crippen LogP contribution >= 0.6 is 11.8 Å². The number of amides is 1. The fourth-order valence-corrected chi connectivity index (χ4v) is 2.51. The average molecular weight is 303 g/mol. The Morgan fingerprint density at radius 2 is 2.05 bits per heavy atom. The number of carbonyl (C=O) groups is 1. The molecule has 0 atom stereocenters. The normalized spacial score (nSPS) is 10.1. The van der Waals surface area contributed by atoms with Gasteiger partial charge in [-0.05, 0) is 37.3 Å².